The summed E-state index contributed by atoms with van der Waals surface area (Å²) in [7, 11) is -3.57. The molecular formula is C30H32N2O4S. The topological polar surface area (TPSA) is 79.6 Å². The summed E-state index contributed by atoms with van der Waals surface area (Å²) in [5.41, 5.74) is 4.64. The van der Waals surface area contributed by atoms with Crippen molar-refractivity contribution in [2.75, 3.05) is 18.4 Å². The number of amides is 1. The lowest BCUT2D eigenvalue weighted by molar-refractivity contribution is -0.115. The maximum atomic E-state index is 13.2. The van der Waals surface area contributed by atoms with Crippen LogP contribution in [0.3, 0.4) is 0 Å². The number of rotatable bonds is 8. The van der Waals surface area contributed by atoms with Crippen LogP contribution < -0.4 is 5.32 Å². The quantitative estimate of drug-likeness (QED) is 0.320. The highest BCUT2D eigenvalue weighted by molar-refractivity contribution is 7.89. The summed E-state index contributed by atoms with van der Waals surface area (Å²) < 4.78 is 33.6. The van der Waals surface area contributed by atoms with Crippen molar-refractivity contribution in [3.8, 4) is 0 Å². The van der Waals surface area contributed by atoms with Crippen LogP contribution in [0.4, 0.5) is 5.69 Å². The van der Waals surface area contributed by atoms with E-state index in [0.29, 0.717) is 24.7 Å². The van der Waals surface area contributed by atoms with E-state index in [1.165, 1.54) is 11.1 Å². The Bertz CT molecular complexity index is 1470. The first kappa shape index (κ1) is 25.2. The van der Waals surface area contributed by atoms with E-state index >= 15 is 0 Å². The third kappa shape index (κ3) is 5.78. The van der Waals surface area contributed by atoms with Gasteiger partial charge in [-0.25, -0.2) is 8.42 Å². The highest BCUT2D eigenvalue weighted by atomic mass is 32.2. The minimum absolute atomic E-state index is 0.179. The molecule has 1 aromatic heterocycles. The van der Waals surface area contributed by atoms with Gasteiger partial charge in [0.15, 0.2) is 0 Å². The fraction of sp³-hybridized carbons (Fsp3) is 0.300. The molecule has 4 aromatic rings. The van der Waals surface area contributed by atoms with Gasteiger partial charge in [-0.2, -0.15) is 4.31 Å². The van der Waals surface area contributed by atoms with E-state index in [4.69, 9.17) is 4.42 Å². The fourth-order valence-corrected chi connectivity index (χ4v) is 6.49. The Morgan fingerprint density at radius 3 is 2.41 bits per heavy atom. The van der Waals surface area contributed by atoms with Crippen molar-refractivity contribution >= 4 is 32.6 Å². The molecule has 0 bridgehead atoms. The summed E-state index contributed by atoms with van der Waals surface area (Å²) in [6.45, 7) is 3.14. The molecule has 1 saturated heterocycles. The van der Waals surface area contributed by atoms with Crippen LogP contribution in [-0.2, 0) is 34.1 Å². The van der Waals surface area contributed by atoms with Gasteiger partial charge in [-0.3, -0.25) is 4.79 Å². The van der Waals surface area contributed by atoms with Gasteiger partial charge in [0, 0.05) is 29.7 Å². The van der Waals surface area contributed by atoms with Crippen LogP contribution in [0, 0.1) is 5.92 Å². The van der Waals surface area contributed by atoms with Crippen LogP contribution in [0.2, 0.25) is 0 Å². The average molecular weight is 517 g/mol. The van der Waals surface area contributed by atoms with Crippen molar-refractivity contribution in [3.05, 3.63) is 95.7 Å². The number of nitrogens with one attached hydrogen (secondary N) is 1. The number of nitrogens with zero attached hydrogens (tertiary/aromatic N) is 1. The molecule has 0 radical (unpaired) electrons. The van der Waals surface area contributed by atoms with E-state index in [1.54, 1.807) is 34.8 Å². The lowest BCUT2D eigenvalue weighted by Gasteiger charge is -2.31. The van der Waals surface area contributed by atoms with Crippen molar-refractivity contribution in [3.63, 3.8) is 0 Å². The standard InChI is InChI=1S/C30H32N2O4S/c1-2-22-8-13-29-28(19-22)25(21-36-29)20-30(33)31-26-9-11-27(12-10-26)37(34,35)32-16-14-24(15-17-32)18-23-6-4-3-5-7-23/h3-13,19,21,24H,2,14-18,20H2,1H3,(H,31,33). The SMILES string of the molecule is CCc1ccc2occ(CC(=O)Nc3ccc(S(=O)(=O)N4CCC(Cc5ccccc5)CC4)cc3)c2c1. The first-order chi connectivity index (χ1) is 17.9. The number of aryl methyl sites for hydroxylation is 1. The number of hydrogen-bond acceptors (Lipinski definition) is 4. The number of piperidine rings is 1. The Morgan fingerprint density at radius 1 is 0.973 bits per heavy atom. The molecule has 5 rings (SSSR count). The van der Waals surface area contributed by atoms with Crippen molar-refractivity contribution in [2.45, 2.75) is 43.9 Å². The molecule has 0 spiro atoms. The van der Waals surface area contributed by atoms with E-state index in [-0.39, 0.29) is 17.2 Å². The normalized spacial score (nSPS) is 15.2. The fourth-order valence-electron chi connectivity index (χ4n) is 5.02. The van der Waals surface area contributed by atoms with Gasteiger partial charge in [-0.1, -0.05) is 43.3 Å². The van der Waals surface area contributed by atoms with Gasteiger partial charge in [0.1, 0.15) is 5.58 Å². The lowest BCUT2D eigenvalue weighted by atomic mass is 9.91. The number of sulfonamides is 1. The highest BCUT2D eigenvalue weighted by Gasteiger charge is 2.29. The summed E-state index contributed by atoms with van der Waals surface area (Å²) in [5.74, 6) is 0.313. The maximum Gasteiger partial charge on any atom is 0.243 e. The zero-order chi connectivity index (χ0) is 25.8. The predicted octanol–water partition coefficient (Wildman–Crippen LogP) is 5.82. The van der Waals surface area contributed by atoms with Gasteiger partial charge in [0.05, 0.1) is 17.6 Å². The molecule has 0 unspecified atom stereocenters. The number of hydrogen-bond donors (Lipinski definition) is 1. The van der Waals surface area contributed by atoms with Crippen LogP contribution >= 0.6 is 0 Å². The predicted molar refractivity (Wildman–Crippen MR) is 146 cm³/mol. The van der Waals surface area contributed by atoms with Crippen molar-refractivity contribution in [1.29, 1.82) is 0 Å². The molecule has 6 nitrogen and oxygen atoms in total. The monoisotopic (exact) mass is 516 g/mol. The second-order valence-corrected chi connectivity index (χ2v) is 11.7. The summed E-state index contributed by atoms with van der Waals surface area (Å²) in [4.78, 5) is 12.9. The van der Waals surface area contributed by atoms with Crippen LogP contribution in [-0.4, -0.2) is 31.7 Å². The Kier molecular flexibility index (Phi) is 7.44. The van der Waals surface area contributed by atoms with E-state index in [2.05, 4.69) is 30.4 Å². The van der Waals surface area contributed by atoms with E-state index in [1.807, 2.05) is 30.3 Å². The second kappa shape index (κ2) is 10.9. The molecule has 0 saturated carbocycles. The number of carbonyl (C=O) groups excluding carboxylic acids is 1. The van der Waals surface area contributed by atoms with Crippen molar-refractivity contribution in [2.24, 2.45) is 5.92 Å². The Hall–Kier alpha value is -3.42. The van der Waals surface area contributed by atoms with Gasteiger partial charge >= 0.3 is 0 Å². The van der Waals surface area contributed by atoms with Crippen LogP contribution in [0.15, 0.2) is 88.4 Å². The number of fused-ring (bicyclic) bond motifs is 1. The second-order valence-electron chi connectivity index (χ2n) is 9.73. The van der Waals surface area contributed by atoms with Crippen molar-refractivity contribution in [1.82, 2.24) is 4.31 Å². The minimum Gasteiger partial charge on any atom is -0.464 e. The Balaban J connectivity index is 1.18. The first-order valence-corrected chi connectivity index (χ1v) is 14.3. The zero-order valence-electron chi connectivity index (χ0n) is 21.0. The number of furan rings is 1. The molecule has 2 heterocycles. The van der Waals surface area contributed by atoms with Crippen LogP contribution in [0.25, 0.3) is 11.0 Å². The summed E-state index contributed by atoms with van der Waals surface area (Å²) in [6.07, 6.45) is 5.40. The van der Waals surface area contributed by atoms with E-state index in [9.17, 15) is 13.2 Å². The summed E-state index contributed by atoms with van der Waals surface area (Å²) in [5, 5.41) is 3.82. The average Bonchev–Trinajstić information content (AvgIpc) is 3.31. The summed E-state index contributed by atoms with van der Waals surface area (Å²) >= 11 is 0. The van der Waals surface area contributed by atoms with Gasteiger partial charge in [-0.15, -0.1) is 0 Å². The van der Waals surface area contributed by atoms with E-state index < -0.39 is 10.0 Å². The number of carbonyl (C=O) groups is 1. The molecule has 1 N–H and O–H groups in total. The smallest absolute Gasteiger partial charge is 0.243 e. The van der Waals surface area contributed by atoms with Gasteiger partial charge in [0.25, 0.3) is 0 Å². The van der Waals surface area contributed by atoms with Gasteiger partial charge in [0.2, 0.25) is 15.9 Å². The largest absolute Gasteiger partial charge is 0.464 e. The number of anilines is 1. The van der Waals surface area contributed by atoms with E-state index in [0.717, 1.165) is 42.2 Å². The lowest BCUT2D eigenvalue weighted by Crippen LogP contribution is -2.38. The maximum absolute atomic E-state index is 13.2. The highest BCUT2D eigenvalue weighted by Crippen LogP contribution is 2.27. The minimum atomic E-state index is -3.57. The molecule has 37 heavy (non-hydrogen) atoms. The molecule has 0 aliphatic carbocycles. The Labute approximate surface area is 218 Å². The molecule has 1 fully saturated rings. The first-order valence-electron chi connectivity index (χ1n) is 12.9. The third-order valence-electron chi connectivity index (χ3n) is 7.19. The molecule has 7 heteroatoms. The van der Waals surface area contributed by atoms with Gasteiger partial charge < -0.3 is 9.73 Å². The molecule has 192 valence electrons. The Morgan fingerprint density at radius 2 is 1.70 bits per heavy atom. The van der Waals surface area contributed by atoms with Crippen LogP contribution in [0.5, 0.6) is 0 Å². The molecule has 1 aliphatic heterocycles. The molecule has 0 atom stereocenters. The van der Waals surface area contributed by atoms with Gasteiger partial charge in [-0.05, 0) is 79.1 Å². The number of benzene rings is 3. The molecular weight excluding hydrogens is 484 g/mol. The summed E-state index contributed by atoms with van der Waals surface area (Å²) in [6, 6.07) is 22.8. The third-order valence-corrected chi connectivity index (χ3v) is 9.11. The molecule has 1 aliphatic rings. The molecule has 1 amide bonds. The van der Waals surface area contributed by atoms with Crippen molar-refractivity contribution < 1.29 is 17.6 Å². The molecule has 3 aromatic carbocycles. The zero-order valence-corrected chi connectivity index (χ0v) is 21.8. The van der Waals surface area contributed by atoms with Crippen LogP contribution in [0.1, 0.15) is 36.5 Å².